The van der Waals surface area contributed by atoms with Crippen molar-refractivity contribution in [2.24, 2.45) is 27.9 Å². The number of aliphatic carboxylic acids is 2. The normalized spacial score (nSPS) is 13.8. The zero-order valence-electron chi connectivity index (χ0n) is 22.2. The van der Waals surface area contributed by atoms with E-state index in [-0.39, 0.29) is 51.0 Å². The molecule has 1 aromatic rings. The molecule has 1 aromatic heterocycles. The maximum Gasteiger partial charge on any atom is 0.326 e. The summed E-state index contributed by atoms with van der Waals surface area (Å²) in [5, 5.41) is 25.9. The average Bonchev–Trinajstić information content (AvgIpc) is 3.40. The summed E-state index contributed by atoms with van der Waals surface area (Å²) in [7, 11) is 0. The molecule has 17 heteroatoms. The number of nitrogens with zero attached hydrogens (tertiary/aromatic N) is 2. The molecule has 0 aliphatic carbocycles. The summed E-state index contributed by atoms with van der Waals surface area (Å²) in [6, 6.07) is -4.79. The van der Waals surface area contributed by atoms with Gasteiger partial charge in [-0.05, 0) is 45.1 Å². The first-order valence-corrected chi connectivity index (χ1v) is 12.8. The molecule has 224 valence electrons. The maximum absolute atomic E-state index is 13.2. The number of aliphatic imine (C=N–C) groups is 1. The lowest BCUT2D eigenvalue weighted by molar-refractivity contribution is -0.142. The van der Waals surface area contributed by atoms with E-state index in [2.05, 4.69) is 30.9 Å². The Hall–Kier alpha value is -4.25. The Labute approximate surface area is 230 Å². The van der Waals surface area contributed by atoms with Crippen molar-refractivity contribution in [2.45, 2.75) is 75.5 Å². The molecule has 0 spiro atoms. The molecular formula is C23H40N10O7. The summed E-state index contributed by atoms with van der Waals surface area (Å²) in [6.07, 6.45) is 3.73. The summed E-state index contributed by atoms with van der Waals surface area (Å²) in [5.41, 5.74) is 22.5. The number of guanidine groups is 1. The van der Waals surface area contributed by atoms with Crippen LogP contribution in [0.5, 0.6) is 0 Å². The molecule has 14 N–H and O–H groups in total. The molecule has 0 fully saturated rings. The van der Waals surface area contributed by atoms with Crippen molar-refractivity contribution in [1.29, 1.82) is 0 Å². The number of aromatic nitrogens is 2. The van der Waals surface area contributed by atoms with Gasteiger partial charge < -0.3 is 54.1 Å². The van der Waals surface area contributed by atoms with Gasteiger partial charge >= 0.3 is 11.9 Å². The third kappa shape index (κ3) is 13.5. The van der Waals surface area contributed by atoms with E-state index in [0.29, 0.717) is 25.1 Å². The number of aromatic amines is 1. The van der Waals surface area contributed by atoms with Crippen LogP contribution in [0.3, 0.4) is 0 Å². The number of amides is 3. The number of carbonyl (C=O) groups is 5. The first kappa shape index (κ1) is 33.8. The molecule has 0 aliphatic rings. The standard InChI is InChI=1S/C23H40N10O7/c24-8-2-1-4-15(21(38)33-17(22(39)40)10-13-11-28-12-30-13)32-20(37)16(5-3-9-29-23(26)27)31-19(36)14(25)6-7-18(34)35/h11-12,14-17H,1-10,24-25H2,(H,28,30)(H,31,36)(H,32,37)(H,33,38)(H,34,35)(H,39,40)(H4,26,27,29). The summed E-state index contributed by atoms with van der Waals surface area (Å²) in [6.45, 7) is 0.499. The second-order valence-electron chi connectivity index (χ2n) is 9.07. The third-order valence-electron chi connectivity index (χ3n) is 5.76. The van der Waals surface area contributed by atoms with Gasteiger partial charge in [0.15, 0.2) is 5.96 Å². The number of nitrogens with two attached hydrogens (primary N) is 4. The highest BCUT2D eigenvalue weighted by Crippen LogP contribution is 2.07. The number of nitrogens with one attached hydrogen (secondary N) is 4. The van der Waals surface area contributed by atoms with E-state index in [4.69, 9.17) is 28.0 Å². The molecule has 0 bridgehead atoms. The third-order valence-corrected chi connectivity index (χ3v) is 5.76. The van der Waals surface area contributed by atoms with Gasteiger partial charge in [0.1, 0.15) is 18.1 Å². The van der Waals surface area contributed by atoms with Crippen LogP contribution in [-0.2, 0) is 30.4 Å². The minimum Gasteiger partial charge on any atom is -0.481 e. The quantitative estimate of drug-likeness (QED) is 0.0424. The van der Waals surface area contributed by atoms with Crippen molar-refractivity contribution in [3.05, 3.63) is 18.2 Å². The van der Waals surface area contributed by atoms with Crippen LogP contribution in [0.15, 0.2) is 17.5 Å². The van der Waals surface area contributed by atoms with E-state index >= 15 is 0 Å². The number of carbonyl (C=O) groups excluding carboxylic acids is 3. The van der Waals surface area contributed by atoms with E-state index in [1.807, 2.05) is 0 Å². The Kier molecular flexibility index (Phi) is 15.3. The highest BCUT2D eigenvalue weighted by Gasteiger charge is 2.30. The predicted octanol–water partition coefficient (Wildman–Crippen LogP) is -3.13. The number of H-pyrrole nitrogens is 1. The lowest BCUT2D eigenvalue weighted by atomic mass is 10.0. The fraction of sp³-hybridized carbons (Fsp3) is 0.609. The number of hydrogen-bond donors (Lipinski definition) is 10. The molecule has 3 amide bonds. The SMILES string of the molecule is NCCCCC(NC(=O)C(CCCN=C(N)N)NC(=O)C(N)CCC(=O)O)C(=O)NC(Cc1cnc[nH]1)C(=O)O. The summed E-state index contributed by atoms with van der Waals surface area (Å²) < 4.78 is 0. The van der Waals surface area contributed by atoms with Gasteiger partial charge in [-0.3, -0.25) is 24.2 Å². The average molecular weight is 569 g/mol. The lowest BCUT2D eigenvalue weighted by Gasteiger charge is -2.25. The summed E-state index contributed by atoms with van der Waals surface area (Å²) in [5.74, 6) is -4.78. The van der Waals surface area contributed by atoms with Crippen LogP contribution in [-0.4, -0.2) is 93.1 Å². The Balaban J connectivity index is 3.02. The highest BCUT2D eigenvalue weighted by atomic mass is 16.4. The van der Waals surface area contributed by atoms with Crippen LogP contribution < -0.4 is 38.9 Å². The van der Waals surface area contributed by atoms with E-state index in [0.717, 1.165) is 0 Å². The van der Waals surface area contributed by atoms with Crippen molar-refractivity contribution in [1.82, 2.24) is 25.9 Å². The largest absolute Gasteiger partial charge is 0.481 e. The van der Waals surface area contributed by atoms with Crippen molar-refractivity contribution in [3.8, 4) is 0 Å². The maximum atomic E-state index is 13.2. The van der Waals surface area contributed by atoms with Crippen LogP contribution in [0.4, 0.5) is 0 Å². The number of rotatable bonds is 20. The molecular weight excluding hydrogens is 528 g/mol. The van der Waals surface area contributed by atoms with Gasteiger partial charge in [-0.1, -0.05) is 0 Å². The predicted molar refractivity (Wildman–Crippen MR) is 143 cm³/mol. The van der Waals surface area contributed by atoms with E-state index in [9.17, 15) is 29.1 Å². The van der Waals surface area contributed by atoms with E-state index in [1.54, 1.807) is 0 Å². The first-order chi connectivity index (χ1) is 18.9. The zero-order chi connectivity index (χ0) is 30.1. The Morgan fingerprint density at radius 2 is 1.50 bits per heavy atom. The van der Waals surface area contributed by atoms with Crippen molar-refractivity contribution in [2.75, 3.05) is 13.1 Å². The molecule has 0 aliphatic heterocycles. The van der Waals surface area contributed by atoms with Gasteiger partial charge in [0, 0.05) is 31.3 Å². The van der Waals surface area contributed by atoms with Gasteiger partial charge in [-0.15, -0.1) is 0 Å². The number of carboxylic acids is 2. The van der Waals surface area contributed by atoms with Gasteiger partial charge in [-0.25, -0.2) is 9.78 Å². The number of carboxylic acid groups (broad SMARTS) is 2. The van der Waals surface area contributed by atoms with E-state index in [1.165, 1.54) is 12.5 Å². The van der Waals surface area contributed by atoms with Crippen LogP contribution in [0, 0.1) is 0 Å². The summed E-state index contributed by atoms with van der Waals surface area (Å²) in [4.78, 5) is 71.9. The number of hydrogen-bond acceptors (Lipinski definition) is 9. The van der Waals surface area contributed by atoms with Gasteiger partial charge in [0.25, 0.3) is 0 Å². The minimum absolute atomic E-state index is 0.0642. The number of unbranched alkanes of at least 4 members (excludes halogenated alkanes) is 1. The smallest absolute Gasteiger partial charge is 0.326 e. The second-order valence-corrected chi connectivity index (χ2v) is 9.07. The Morgan fingerprint density at radius 1 is 0.900 bits per heavy atom. The molecule has 1 heterocycles. The molecule has 4 atom stereocenters. The monoisotopic (exact) mass is 568 g/mol. The zero-order valence-corrected chi connectivity index (χ0v) is 22.2. The van der Waals surface area contributed by atoms with Crippen LogP contribution in [0.2, 0.25) is 0 Å². The first-order valence-electron chi connectivity index (χ1n) is 12.8. The Bertz CT molecular complexity index is 998. The number of imidazole rings is 1. The van der Waals surface area contributed by atoms with E-state index < -0.39 is 53.8 Å². The van der Waals surface area contributed by atoms with Crippen LogP contribution >= 0.6 is 0 Å². The second kappa shape index (κ2) is 18.1. The molecule has 0 saturated heterocycles. The van der Waals surface area contributed by atoms with Gasteiger partial charge in [0.05, 0.1) is 12.4 Å². The van der Waals surface area contributed by atoms with Gasteiger partial charge in [-0.2, -0.15) is 0 Å². The summed E-state index contributed by atoms with van der Waals surface area (Å²) >= 11 is 0. The molecule has 4 unspecified atom stereocenters. The van der Waals surface area contributed by atoms with Gasteiger partial charge in [0.2, 0.25) is 17.7 Å². The van der Waals surface area contributed by atoms with Crippen LogP contribution in [0.25, 0.3) is 0 Å². The molecule has 17 nitrogen and oxygen atoms in total. The fourth-order valence-electron chi connectivity index (χ4n) is 3.58. The molecule has 40 heavy (non-hydrogen) atoms. The molecule has 1 rings (SSSR count). The van der Waals surface area contributed by atoms with Crippen LogP contribution in [0.1, 0.15) is 50.6 Å². The lowest BCUT2D eigenvalue weighted by Crippen LogP contribution is -2.57. The topological polar surface area (TPSA) is 307 Å². The minimum atomic E-state index is -1.30. The highest BCUT2D eigenvalue weighted by molar-refractivity contribution is 5.94. The van der Waals surface area contributed by atoms with Crippen molar-refractivity contribution >= 4 is 35.6 Å². The molecule has 0 saturated carbocycles. The Morgan fingerprint density at radius 3 is 2.02 bits per heavy atom. The van der Waals surface area contributed by atoms with Crippen molar-refractivity contribution in [3.63, 3.8) is 0 Å². The van der Waals surface area contributed by atoms with Crippen molar-refractivity contribution < 1.29 is 34.2 Å². The molecule has 0 aromatic carbocycles. The molecule has 0 radical (unpaired) electrons. The fourth-order valence-corrected chi connectivity index (χ4v) is 3.58.